The van der Waals surface area contributed by atoms with Crippen LogP contribution in [-0.2, 0) is 11.2 Å². The number of carbonyl (C=O) groups is 1. The Bertz CT molecular complexity index is 1020. The van der Waals surface area contributed by atoms with Crippen LogP contribution < -0.4 is 4.90 Å². The maximum absolute atomic E-state index is 12.4. The summed E-state index contributed by atoms with van der Waals surface area (Å²) in [4.78, 5) is 29.1. The minimum Gasteiger partial charge on any atom is -0.352 e. The average molecular weight is 423 g/mol. The monoisotopic (exact) mass is 422 g/mol. The third-order valence-corrected chi connectivity index (χ3v) is 7.04. The summed E-state index contributed by atoms with van der Waals surface area (Å²) >= 11 is 1.75. The zero-order valence-electron chi connectivity index (χ0n) is 18.1. The van der Waals surface area contributed by atoms with Gasteiger partial charge in [-0.1, -0.05) is 43.7 Å². The van der Waals surface area contributed by atoms with Crippen LogP contribution in [0.25, 0.3) is 10.2 Å². The Balaban J connectivity index is 1.60. The zero-order valence-corrected chi connectivity index (χ0v) is 19.0. The Morgan fingerprint density at radius 2 is 1.80 bits per heavy atom. The third kappa shape index (κ3) is 4.33. The second-order valence-electron chi connectivity index (χ2n) is 8.06. The summed E-state index contributed by atoms with van der Waals surface area (Å²) in [6.45, 7) is 9.64. The second-order valence-corrected chi connectivity index (χ2v) is 9.26. The van der Waals surface area contributed by atoms with Gasteiger partial charge in [0, 0.05) is 43.9 Å². The fourth-order valence-corrected chi connectivity index (χ4v) is 5.05. The van der Waals surface area contributed by atoms with Crippen LogP contribution in [0.4, 0.5) is 5.82 Å². The van der Waals surface area contributed by atoms with Gasteiger partial charge in [-0.3, -0.25) is 4.79 Å². The number of hydrogen-bond acceptors (Lipinski definition) is 5. The van der Waals surface area contributed by atoms with Crippen LogP contribution in [0.2, 0.25) is 0 Å². The van der Waals surface area contributed by atoms with Crippen molar-refractivity contribution in [2.45, 2.75) is 46.5 Å². The summed E-state index contributed by atoms with van der Waals surface area (Å²) in [5.41, 5.74) is 2.50. The lowest BCUT2D eigenvalue weighted by Crippen LogP contribution is -2.49. The molecule has 1 amide bonds. The number of fused-ring (bicyclic) bond motifs is 1. The van der Waals surface area contributed by atoms with Gasteiger partial charge in [-0.2, -0.15) is 0 Å². The summed E-state index contributed by atoms with van der Waals surface area (Å²) < 4.78 is 0. The molecule has 0 spiro atoms. The number of aryl methyl sites for hydroxylation is 2. The van der Waals surface area contributed by atoms with E-state index in [2.05, 4.69) is 49.9 Å². The molecule has 1 fully saturated rings. The molecule has 0 atom stereocenters. The molecule has 0 radical (unpaired) electrons. The lowest BCUT2D eigenvalue weighted by atomic mass is 10.1. The van der Waals surface area contributed by atoms with Crippen molar-refractivity contribution in [1.82, 2.24) is 14.9 Å². The lowest BCUT2D eigenvalue weighted by molar-refractivity contribution is -0.131. The van der Waals surface area contributed by atoms with E-state index in [1.54, 1.807) is 11.3 Å². The number of hydrogen-bond donors (Lipinski definition) is 0. The van der Waals surface area contributed by atoms with E-state index >= 15 is 0 Å². The number of nitrogens with zero attached hydrogens (tertiary/aromatic N) is 4. The van der Waals surface area contributed by atoms with Crippen LogP contribution >= 0.6 is 11.3 Å². The molecule has 5 nitrogen and oxygen atoms in total. The lowest BCUT2D eigenvalue weighted by Gasteiger charge is -2.36. The molecule has 0 N–H and O–H groups in total. The highest BCUT2D eigenvalue weighted by Crippen LogP contribution is 2.35. The van der Waals surface area contributed by atoms with Crippen molar-refractivity contribution in [2.24, 2.45) is 0 Å². The van der Waals surface area contributed by atoms with Gasteiger partial charge >= 0.3 is 0 Å². The smallest absolute Gasteiger partial charge is 0.222 e. The third-order valence-electron chi connectivity index (χ3n) is 5.94. The molecule has 3 heterocycles. The number of piperazine rings is 1. The molecule has 158 valence electrons. The van der Waals surface area contributed by atoms with E-state index in [9.17, 15) is 4.79 Å². The molecule has 0 aliphatic carbocycles. The predicted octanol–water partition coefficient (Wildman–Crippen LogP) is 4.74. The van der Waals surface area contributed by atoms with Crippen molar-refractivity contribution in [2.75, 3.05) is 31.1 Å². The summed E-state index contributed by atoms with van der Waals surface area (Å²) in [6, 6.07) is 10.4. The number of amides is 1. The number of thiophene rings is 1. The number of benzene rings is 1. The van der Waals surface area contributed by atoms with E-state index in [1.165, 1.54) is 21.4 Å². The van der Waals surface area contributed by atoms with Crippen LogP contribution in [0, 0.1) is 13.8 Å². The van der Waals surface area contributed by atoms with Gasteiger partial charge in [0.15, 0.2) is 0 Å². The van der Waals surface area contributed by atoms with E-state index in [4.69, 9.17) is 9.97 Å². The van der Waals surface area contributed by atoms with E-state index < -0.39 is 0 Å². The molecule has 1 saturated heterocycles. The SMILES string of the molecule is CCCCC(=O)N1CCN(c2nc(Cc3ccccc3)nc3sc(C)c(C)c23)CC1. The molecule has 3 aromatic rings. The molecule has 1 aliphatic heterocycles. The molecular formula is C24H30N4OS. The van der Waals surface area contributed by atoms with Gasteiger partial charge < -0.3 is 9.80 Å². The topological polar surface area (TPSA) is 49.3 Å². The Labute approximate surface area is 182 Å². The van der Waals surface area contributed by atoms with Crippen molar-refractivity contribution in [3.63, 3.8) is 0 Å². The van der Waals surface area contributed by atoms with Crippen LogP contribution in [0.3, 0.4) is 0 Å². The van der Waals surface area contributed by atoms with Gasteiger partial charge in [0.2, 0.25) is 5.91 Å². The predicted molar refractivity (Wildman–Crippen MR) is 124 cm³/mol. The fraction of sp³-hybridized carbons (Fsp3) is 0.458. The first-order valence-corrected chi connectivity index (χ1v) is 11.7. The average Bonchev–Trinajstić information content (AvgIpc) is 3.05. The van der Waals surface area contributed by atoms with Crippen molar-refractivity contribution in [3.8, 4) is 0 Å². The highest BCUT2D eigenvalue weighted by molar-refractivity contribution is 7.18. The number of aromatic nitrogens is 2. The maximum Gasteiger partial charge on any atom is 0.222 e. The van der Waals surface area contributed by atoms with Gasteiger partial charge in [-0.05, 0) is 31.4 Å². The first-order valence-electron chi connectivity index (χ1n) is 10.9. The Morgan fingerprint density at radius 3 is 2.50 bits per heavy atom. The Morgan fingerprint density at radius 1 is 1.07 bits per heavy atom. The van der Waals surface area contributed by atoms with E-state index in [1.807, 2.05) is 11.0 Å². The number of carbonyl (C=O) groups excluding carboxylic acids is 1. The van der Waals surface area contributed by atoms with Gasteiger partial charge in [-0.25, -0.2) is 9.97 Å². The summed E-state index contributed by atoms with van der Waals surface area (Å²) in [5.74, 6) is 2.19. The standard InChI is InChI=1S/C24H30N4OS/c1-4-5-11-21(29)27-12-14-28(15-13-27)23-22-17(2)18(3)30-24(22)26-20(25-23)16-19-9-7-6-8-10-19/h6-10H,4-5,11-16H2,1-3H3. The van der Waals surface area contributed by atoms with Crippen LogP contribution in [0.5, 0.6) is 0 Å². The van der Waals surface area contributed by atoms with Crippen molar-refractivity contribution >= 4 is 33.3 Å². The Hall–Kier alpha value is -2.47. The molecule has 30 heavy (non-hydrogen) atoms. The quantitative estimate of drug-likeness (QED) is 0.576. The first-order chi connectivity index (χ1) is 14.6. The van der Waals surface area contributed by atoms with Gasteiger partial charge in [0.05, 0.1) is 5.39 Å². The molecular weight excluding hydrogens is 392 g/mol. The van der Waals surface area contributed by atoms with Crippen LogP contribution in [0.15, 0.2) is 30.3 Å². The molecule has 0 saturated carbocycles. The highest BCUT2D eigenvalue weighted by Gasteiger charge is 2.25. The molecule has 6 heteroatoms. The van der Waals surface area contributed by atoms with Crippen molar-refractivity contribution in [1.29, 1.82) is 0 Å². The molecule has 0 unspecified atom stereocenters. The normalized spacial score (nSPS) is 14.5. The maximum atomic E-state index is 12.4. The van der Waals surface area contributed by atoms with Gasteiger partial charge in [0.1, 0.15) is 16.5 Å². The summed E-state index contributed by atoms with van der Waals surface area (Å²) in [6.07, 6.45) is 3.43. The summed E-state index contributed by atoms with van der Waals surface area (Å²) in [5, 5.41) is 1.18. The van der Waals surface area contributed by atoms with E-state index in [0.29, 0.717) is 6.42 Å². The van der Waals surface area contributed by atoms with Crippen molar-refractivity contribution < 1.29 is 4.79 Å². The van der Waals surface area contributed by atoms with Gasteiger partial charge in [-0.15, -0.1) is 11.3 Å². The highest BCUT2D eigenvalue weighted by atomic mass is 32.1. The molecule has 2 aromatic heterocycles. The Kier molecular flexibility index (Phi) is 6.32. The van der Waals surface area contributed by atoms with Crippen molar-refractivity contribution in [3.05, 3.63) is 52.2 Å². The van der Waals surface area contributed by atoms with Crippen LogP contribution in [-0.4, -0.2) is 47.0 Å². The van der Waals surface area contributed by atoms with E-state index in [0.717, 1.165) is 61.9 Å². The minimum atomic E-state index is 0.289. The first kappa shape index (κ1) is 20.8. The second kappa shape index (κ2) is 9.13. The number of rotatable bonds is 6. The summed E-state index contributed by atoms with van der Waals surface area (Å²) in [7, 11) is 0. The largest absolute Gasteiger partial charge is 0.352 e. The van der Waals surface area contributed by atoms with Gasteiger partial charge in [0.25, 0.3) is 0 Å². The zero-order chi connectivity index (χ0) is 21.1. The minimum absolute atomic E-state index is 0.289. The molecule has 0 bridgehead atoms. The molecule has 1 aliphatic rings. The van der Waals surface area contributed by atoms with E-state index in [-0.39, 0.29) is 5.91 Å². The molecule has 4 rings (SSSR count). The number of anilines is 1. The fourth-order valence-electron chi connectivity index (χ4n) is 4.01. The molecule has 1 aromatic carbocycles. The van der Waals surface area contributed by atoms with Crippen LogP contribution in [0.1, 0.15) is 48.0 Å². The number of unbranched alkanes of at least 4 members (excludes halogenated alkanes) is 1.